The predicted molar refractivity (Wildman–Crippen MR) is 147 cm³/mol. The molecule has 0 radical (unpaired) electrons. The van der Waals surface area contributed by atoms with Crippen molar-refractivity contribution in [3.05, 3.63) is 76.9 Å². The van der Waals surface area contributed by atoms with Crippen LogP contribution >= 0.6 is 0 Å². The summed E-state index contributed by atoms with van der Waals surface area (Å²) in [5.41, 5.74) is 3.40. The highest BCUT2D eigenvalue weighted by atomic mass is 16.5. The van der Waals surface area contributed by atoms with Gasteiger partial charge in [0.05, 0.1) is 25.0 Å². The molecule has 2 fully saturated rings. The molecule has 0 aromatic heterocycles. The second kappa shape index (κ2) is 11.7. The molecule has 1 aliphatic carbocycles. The smallest absolute Gasteiger partial charge is 0.455 e. The first-order chi connectivity index (χ1) is 19.3. The highest BCUT2D eigenvalue weighted by molar-refractivity contribution is 6.43. The first-order valence-corrected chi connectivity index (χ1v) is 13.4. The van der Waals surface area contributed by atoms with Gasteiger partial charge < -0.3 is 24.3 Å². The lowest BCUT2D eigenvalue weighted by Crippen LogP contribution is -2.46. The lowest BCUT2D eigenvalue weighted by Gasteiger charge is -2.43. The normalized spacial score (nSPS) is 24.6. The van der Waals surface area contributed by atoms with Gasteiger partial charge in [-0.1, -0.05) is 48.0 Å². The minimum Gasteiger partial charge on any atom is -0.507 e. The van der Waals surface area contributed by atoms with Crippen molar-refractivity contribution in [3.8, 4) is 11.5 Å². The van der Waals surface area contributed by atoms with Crippen LogP contribution in [0, 0.1) is 17.8 Å². The highest BCUT2D eigenvalue weighted by Crippen LogP contribution is 2.50. The summed E-state index contributed by atoms with van der Waals surface area (Å²) in [6.45, 7) is 2.14. The van der Waals surface area contributed by atoms with Crippen LogP contribution in [0.1, 0.15) is 31.7 Å². The van der Waals surface area contributed by atoms with E-state index >= 15 is 0 Å². The Morgan fingerprint density at radius 1 is 1.10 bits per heavy atom. The Morgan fingerprint density at radius 3 is 2.55 bits per heavy atom. The first kappa shape index (κ1) is 27.7. The predicted octanol–water partition coefficient (Wildman–Crippen LogP) is 4.22. The van der Waals surface area contributed by atoms with Gasteiger partial charge in [-0.3, -0.25) is 9.59 Å². The average Bonchev–Trinajstić information content (AvgIpc) is 3.20. The Kier molecular flexibility index (Phi) is 8.09. The largest absolute Gasteiger partial charge is 0.507 e. The van der Waals surface area contributed by atoms with E-state index in [1.807, 2.05) is 55.5 Å². The number of hydrogen-bond acceptors (Lipinski definition) is 8. The SMILES string of the molecule is COC(=O)N1C(=O)[C@@H]2[C@@H](CC(COc3ccccc3)=C3[C@@H](CC/C(C)=C/c4ccccc4O)OB(O)C[C@@H]32)C1=O. The van der Waals surface area contributed by atoms with Crippen LogP contribution in [0.5, 0.6) is 11.5 Å². The third-order valence-corrected chi connectivity index (χ3v) is 7.96. The van der Waals surface area contributed by atoms with E-state index in [0.29, 0.717) is 29.1 Å². The summed E-state index contributed by atoms with van der Waals surface area (Å²) < 4.78 is 16.8. The van der Waals surface area contributed by atoms with Gasteiger partial charge in [-0.2, -0.15) is 4.90 Å². The Labute approximate surface area is 233 Å². The van der Waals surface area contributed by atoms with E-state index in [2.05, 4.69) is 0 Å². The van der Waals surface area contributed by atoms with E-state index in [1.54, 1.807) is 12.1 Å². The van der Waals surface area contributed by atoms with Crippen molar-refractivity contribution in [2.75, 3.05) is 13.7 Å². The van der Waals surface area contributed by atoms with Gasteiger partial charge in [0, 0.05) is 5.56 Å². The van der Waals surface area contributed by atoms with Crippen molar-refractivity contribution >= 4 is 31.1 Å². The number of allylic oxidation sites excluding steroid dienone is 1. The molecule has 5 rings (SSSR count). The van der Waals surface area contributed by atoms with E-state index < -0.39 is 48.9 Å². The standard InChI is InChI=1S/C30H32BNO8/c1-18(14-19-8-6-7-11-24(19)33)12-13-25-26-20(17-39-21-9-4-3-5-10-21)15-22-27(23(26)16-31(37)40-25)29(35)32(28(22)34)30(36)38-2/h3-11,14,22-23,25,27,33,37H,12-13,15-17H2,1-2H3/b18-14+/t22-,23+,25-,27-/m1/s1. The Hall–Kier alpha value is -3.89. The number of aromatic hydroxyl groups is 1. The fourth-order valence-electron chi connectivity index (χ4n) is 6.16. The van der Waals surface area contributed by atoms with Gasteiger partial charge in [0.25, 0.3) is 0 Å². The van der Waals surface area contributed by atoms with Crippen LogP contribution in [0.2, 0.25) is 6.32 Å². The fraction of sp³-hybridized carbons (Fsp3) is 0.367. The summed E-state index contributed by atoms with van der Waals surface area (Å²) in [6.07, 6.45) is 1.86. The second-order valence-electron chi connectivity index (χ2n) is 10.5. The van der Waals surface area contributed by atoms with Gasteiger partial charge in [-0.25, -0.2) is 4.79 Å². The van der Waals surface area contributed by atoms with Gasteiger partial charge in [-0.15, -0.1) is 0 Å². The maximum Gasteiger partial charge on any atom is 0.455 e. The van der Waals surface area contributed by atoms with Crippen LogP contribution in [-0.4, -0.2) is 59.9 Å². The third kappa shape index (κ3) is 5.42. The number of ether oxygens (including phenoxy) is 2. The fourth-order valence-corrected chi connectivity index (χ4v) is 6.16. The second-order valence-corrected chi connectivity index (χ2v) is 10.5. The summed E-state index contributed by atoms with van der Waals surface area (Å²) in [5.74, 6) is -2.37. The third-order valence-electron chi connectivity index (χ3n) is 7.96. The van der Waals surface area contributed by atoms with Crippen molar-refractivity contribution < 1.29 is 38.6 Å². The van der Waals surface area contributed by atoms with E-state index in [-0.39, 0.29) is 25.1 Å². The van der Waals surface area contributed by atoms with E-state index in [4.69, 9.17) is 14.1 Å². The van der Waals surface area contributed by atoms with E-state index in [0.717, 1.165) is 23.8 Å². The quantitative estimate of drug-likeness (QED) is 0.301. The molecule has 2 saturated heterocycles. The number of amides is 3. The molecule has 9 nitrogen and oxygen atoms in total. The number of nitrogens with zero attached hydrogens (tertiary/aromatic N) is 1. The molecule has 0 bridgehead atoms. The lowest BCUT2D eigenvalue weighted by molar-refractivity contribution is -0.137. The summed E-state index contributed by atoms with van der Waals surface area (Å²) in [7, 11) is -0.00114. The molecule has 40 heavy (non-hydrogen) atoms. The number of rotatable bonds is 7. The van der Waals surface area contributed by atoms with Crippen LogP contribution in [-0.2, 0) is 19.0 Å². The monoisotopic (exact) mass is 545 g/mol. The number of para-hydroxylation sites is 2. The molecular formula is C30H32BNO8. The minimum absolute atomic E-state index is 0.128. The number of phenolic OH excluding ortho intramolecular Hbond substituents is 1. The molecule has 2 N–H and O–H groups in total. The van der Waals surface area contributed by atoms with Gasteiger partial charge in [0.15, 0.2) is 0 Å². The van der Waals surface area contributed by atoms with Crippen LogP contribution in [0.4, 0.5) is 4.79 Å². The molecule has 0 unspecified atom stereocenters. The Balaban J connectivity index is 1.46. The van der Waals surface area contributed by atoms with Crippen molar-refractivity contribution in [1.82, 2.24) is 4.90 Å². The number of hydrogen-bond donors (Lipinski definition) is 2. The molecule has 4 atom stereocenters. The molecule has 2 aliphatic heterocycles. The first-order valence-electron chi connectivity index (χ1n) is 13.4. The van der Waals surface area contributed by atoms with Gasteiger partial charge in [0.1, 0.15) is 18.1 Å². The van der Waals surface area contributed by atoms with Crippen molar-refractivity contribution in [2.45, 2.75) is 38.6 Å². The Morgan fingerprint density at radius 2 is 1.82 bits per heavy atom. The van der Waals surface area contributed by atoms with Gasteiger partial charge in [-0.05, 0) is 67.8 Å². The summed E-state index contributed by atoms with van der Waals surface area (Å²) in [6, 6.07) is 16.4. The minimum atomic E-state index is -1.13. The van der Waals surface area contributed by atoms with Gasteiger partial charge in [0.2, 0.25) is 11.8 Å². The number of benzene rings is 2. The lowest BCUT2D eigenvalue weighted by atomic mass is 9.58. The molecule has 2 aromatic carbocycles. The zero-order chi connectivity index (χ0) is 28.4. The van der Waals surface area contributed by atoms with Crippen LogP contribution in [0.25, 0.3) is 6.08 Å². The van der Waals surface area contributed by atoms with Crippen molar-refractivity contribution in [1.29, 1.82) is 0 Å². The summed E-state index contributed by atoms with van der Waals surface area (Å²) >= 11 is 0. The molecule has 0 spiro atoms. The van der Waals surface area contributed by atoms with E-state index in [9.17, 15) is 24.5 Å². The summed E-state index contributed by atoms with van der Waals surface area (Å²) in [5, 5.41) is 20.9. The molecule has 0 saturated carbocycles. The number of carbonyl (C=O) groups excluding carboxylic acids is 3. The number of fused-ring (bicyclic) bond motifs is 3. The highest BCUT2D eigenvalue weighted by Gasteiger charge is 2.59. The average molecular weight is 545 g/mol. The van der Waals surface area contributed by atoms with Crippen LogP contribution < -0.4 is 4.74 Å². The topological polar surface area (TPSA) is 123 Å². The zero-order valence-corrected chi connectivity index (χ0v) is 22.5. The molecule has 10 heteroatoms. The molecule has 3 amide bonds. The van der Waals surface area contributed by atoms with Gasteiger partial charge >= 0.3 is 13.2 Å². The number of methoxy groups -OCH3 is 1. The number of likely N-dealkylation sites (tertiary alicyclic amines) is 1. The maximum absolute atomic E-state index is 13.4. The molecule has 3 aliphatic rings. The molecule has 2 aromatic rings. The van der Waals surface area contributed by atoms with Crippen LogP contribution in [0.3, 0.4) is 0 Å². The molecular weight excluding hydrogens is 513 g/mol. The van der Waals surface area contributed by atoms with E-state index in [1.165, 1.54) is 0 Å². The number of imide groups is 3. The summed E-state index contributed by atoms with van der Waals surface area (Å²) in [4.78, 5) is 39.6. The zero-order valence-electron chi connectivity index (χ0n) is 22.5. The molecule has 208 valence electrons. The number of carbonyl (C=O) groups is 3. The van der Waals surface area contributed by atoms with Crippen molar-refractivity contribution in [2.24, 2.45) is 17.8 Å². The maximum atomic E-state index is 13.4. The Bertz CT molecular complexity index is 1360. The van der Waals surface area contributed by atoms with Crippen molar-refractivity contribution in [3.63, 3.8) is 0 Å². The number of phenols is 1. The molecule has 2 heterocycles. The van der Waals surface area contributed by atoms with Crippen LogP contribution in [0.15, 0.2) is 71.3 Å².